The van der Waals surface area contributed by atoms with Gasteiger partial charge in [0.1, 0.15) is 0 Å². The average Bonchev–Trinajstić information content (AvgIpc) is 2.30. The summed E-state index contributed by atoms with van der Waals surface area (Å²) in [6, 6.07) is 0. The third kappa shape index (κ3) is 1.56. The van der Waals surface area contributed by atoms with E-state index < -0.39 is 0 Å². The molecule has 0 aromatic rings. The van der Waals surface area contributed by atoms with E-state index in [2.05, 4.69) is 0 Å². The Morgan fingerprint density at radius 1 is 0.933 bits per heavy atom. The second kappa shape index (κ2) is 3.77. The lowest BCUT2D eigenvalue weighted by Crippen LogP contribution is -2.37. The minimum absolute atomic E-state index is 0.408. The first-order chi connectivity index (χ1) is 7.36. The minimum Gasteiger partial charge on any atom is -0.295 e. The SMILES string of the molecule is O=C1C=C2CCCCC2C2CCCCC12. The Morgan fingerprint density at radius 2 is 1.67 bits per heavy atom. The quantitative estimate of drug-likeness (QED) is 0.590. The van der Waals surface area contributed by atoms with E-state index in [-0.39, 0.29) is 0 Å². The predicted molar refractivity (Wildman–Crippen MR) is 60.5 cm³/mol. The van der Waals surface area contributed by atoms with Crippen molar-refractivity contribution in [1.29, 1.82) is 0 Å². The van der Waals surface area contributed by atoms with Gasteiger partial charge in [0.15, 0.2) is 5.78 Å². The van der Waals surface area contributed by atoms with Crippen molar-refractivity contribution >= 4 is 5.78 Å². The van der Waals surface area contributed by atoms with Crippen molar-refractivity contribution in [2.24, 2.45) is 17.8 Å². The summed E-state index contributed by atoms with van der Waals surface area (Å²) in [7, 11) is 0. The average molecular weight is 204 g/mol. The Balaban J connectivity index is 1.91. The molecule has 3 aliphatic rings. The van der Waals surface area contributed by atoms with Crippen LogP contribution in [0.2, 0.25) is 0 Å². The van der Waals surface area contributed by atoms with Crippen LogP contribution in [0.15, 0.2) is 11.6 Å². The van der Waals surface area contributed by atoms with Gasteiger partial charge in [0.05, 0.1) is 0 Å². The van der Waals surface area contributed by atoms with Gasteiger partial charge in [-0.25, -0.2) is 0 Å². The largest absolute Gasteiger partial charge is 0.295 e. The Bertz CT molecular complexity index is 302. The molecule has 3 rings (SSSR count). The van der Waals surface area contributed by atoms with Gasteiger partial charge in [0, 0.05) is 5.92 Å². The topological polar surface area (TPSA) is 17.1 Å². The summed E-state index contributed by atoms with van der Waals surface area (Å²) in [6.07, 6.45) is 12.4. The van der Waals surface area contributed by atoms with Crippen molar-refractivity contribution in [3.8, 4) is 0 Å². The van der Waals surface area contributed by atoms with Crippen molar-refractivity contribution in [3.63, 3.8) is 0 Å². The number of hydrogen-bond donors (Lipinski definition) is 0. The van der Waals surface area contributed by atoms with Crippen molar-refractivity contribution in [2.75, 3.05) is 0 Å². The maximum absolute atomic E-state index is 12.0. The molecular formula is C14H20O. The normalized spacial score (nSPS) is 40.4. The van der Waals surface area contributed by atoms with Gasteiger partial charge in [0.2, 0.25) is 0 Å². The lowest BCUT2D eigenvalue weighted by molar-refractivity contribution is -0.122. The van der Waals surface area contributed by atoms with Crippen LogP contribution in [-0.4, -0.2) is 5.78 Å². The highest BCUT2D eigenvalue weighted by molar-refractivity contribution is 5.93. The van der Waals surface area contributed by atoms with E-state index in [0.717, 1.165) is 11.8 Å². The number of allylic oxidation sites excluding steroid dienone is 2. The highest BCUT2D eigenvalue weighted by atomic mass is 16.1. The molecule has 0 radical (unpaired) electrons. The van der Waals surface area contributed by atoms with Gasteiger partial charge in [-0.1, -0.05) is 24.8 Å². The van der Waals surface area contributed by atoms with E-state index in [4.69, 9.17) is 0 Å². The Morgan fingerprint density at radius 3 is 2.60 bits per heavy atom. The van der Waals surface area contributed by atoms with Crippen LogP contribution in [0, 0.1) is 17.8 Å². The van der Waals surface area contributed by atoms with Crippen LogP contribution >= 0.6 is 0 Å². The zero-order valence-corrected chi connectivity index (χ0v) is 9.37. The van der Waals surface area contributed by atoms with Gasteiger partial charge in [0.25, 0.3) is 0 Å². The molecule has 0 aromatic heterocycles. The standard InChI is InChI=1S/C14H20O/c15-14-9-10-5-1-2-6-11(10)12-7-3-4-8-13(12)14/h9,11-13H,1-8H2. The van der Waals surface area contributed by atoms with Crippen molar-refractivity contribution in [1.82, 2.24) is 0 Å². The molecule has 3 aliphatic carbocycles. The molecule has 0 saturated heterocycles. The van der Waals surface area contributed by atoms with E-state index in [1.165, 1.54) is 56.9 Å². The van der Waals surface area contributed by atoms with Crippen LogP contribution in [0.5, 0.6) is 0 Å². The third-order valence-corrected chi connectivity index (χ3v) is 4.74. The summed E-state index contributed by atoms with van der Waals surface area (Å²) in [5.74, 6) is 2.40. The summed E-state index contributed by atoms with van der Waals surface area (Å²) in [5, 5.41) is 0. The Hall–Kier alpha value is -0.590. The fraction of sp³-hybridized carbons (Fsp3) is 0.786. The molecule has 2 fully saturated rings. The van der Waals surface area contributed by atoms with Crippen LogP contribution < -0.4 is 0 Å². The van der Waals surface area contributed by atoms with E-state index in [9.17, 15) is 4.79 Å². The molecule has 0 aliphatic heterocycles. The molecule has 1 heteroatoms. The van der Waals surface area contributed by atoms with E-state index in [1.807, 2.05) is 6.08 Å². The molecule has 15 heavy (non-hydrogen) atoms. The van der Waals surface area contributed by atoms with Gasteiger partial charge in [-0.2, -0.15) is 0 Å². The smallest absolute Gasteiger partial charge is 0.159 e. The summed E-state index contributed by atoms with van der Waals surface area (Å²) >= 11 is 0. The molecule has 0 heterocycles. The number of carbonyl (C=O) groups is 1. The molecule has 0 amide bonds. The molecule has 0 bridgehead atoms. The third-order valence-electron chi connectivity index (χ3n) is 4.74. The molecule has 3 unspecified atom stereocenters. The fourth-order valence-electron chi connectivity index (χ4n) is 4.02. The maximum Gasteiger partial charge on any atom is 0.159 e. The summed E-state index contributed by atoms with van der Waals surface area (Å²) in [6.45, 7) is 0. The predicted octanol–water partition coefficient (Wildman–Crippen LogP) is 3.49. The van der Waals surface area contributed by atoms with Crippen LogP contribution in [0.3, 0.4) is 0 Å². The molecule has 1 nitrogen and oxygen atoms in total. The van der Waals surface area contributed by atoms with E-state index >= 15 is 0 Å². The van der Waals surface area contributed by atoms with E-state index in [1.54, 1.807) is 0 Å². The molecule has 0 N–H and O–H groups in total. The maximum atomic E-state index is 12.0. The fourth-order valence-corrected chi connectivity index (χ4v) is 4.02. The van der Waals surface area contributed by atoms with Gasteiger partial charge >= 0.3 is 0 Å². The van der Waals surface area contributed by atoms with Gasteiger partial charge in [-0.15, -0.1) is 0 Å². The summed E-state index contributed by atoms with van der Waals surface area (Å²) in [5.41, 5.74) is 1.51. The second-order valence-corrected chi connectivity index (χ2v) is 5.53. The van der Waals surface area contributed by atoms with Gasteiger partial charge in [-0.05, 0) is 50.0 Å². The number of hydrogen-bond acceptors (Lipinski definition) is 1. The van der Waals surface area contributed by atoms with Crippen LogP contribution in [-0.2, 0) is 4.79 Å². The first-order valence-electron chi connectivity index (χ1n) is 6.60. The number of rotatable bonds is 0. The lowest BCUT2D eigenvalue weighted by Gasteiger charge is -2.42. The Kier molecular flexibility index (Phi) is 2.42. The van der Waals surface area contributed by atoms with E-state index in [0.29, 0.717) is 11.7 Å². The number of fused-ring (bicyclic) bond motifs is 3. The van der Waals surface area contributed by atoms with Gasteiger partial charge in [-0.3, -0.25) is 4.79 Å². The highest BCUT2D eigenvalue weighted by Gasteiger charge is 2.40. The van der Waals surface area contributed by atoms with Crippen molar-refractivity contribution < 1.29 is 4.79 Å². The highest BCUT2D eigenvalue weighted by Crippen LogP contribution is 2.47. The van der Waals surface area contributed by atoms with Crippen molar-refractivity contribution in [2.45, 2.75) is 51.4 Å². The van der Waals surface area contributed by atoms with Crippen molar-refractivity contribution in [3.05, 3.63) is 11.6 Å². The summed E-state index contributed by atoms with van der Waals surface area (Å²) < 4.78 is 0. The number of carbonyl (C=O) groups excluding carboxylic acids is 1. The molecule has 2 saturated carbocycles. The molecule has 0 spiro atoms. The zero-order valence-electron chi connectivity index (χ0n) is 9.37. The first kappa shape index (κ1) is 9.62. The second-order valence-electron chi connectivity index (χ2n) is 5.53. The zero-order chi connectivity index (χ0) is 10.3. The first-order valence-corrected chi connectivity index (χ1v) is 6.60. The lowest BCUT2D eigenvalue weighted by atomic mass is 9.62. The Labute approximate surface area is 91.9 Å². The molecular weight excluding hydrogens is 184 g/mol. The molecule has 82 valence electrons. The number of ketones is 1. The summed E-state index contributed by atoms with van der Waals surface area (Å²) in [4.78, 5) is 12.0. The van der Waals surface area contributed by atoms with Gasteiger partial charge < -0.3 is 0 Å². The molecule has 3 atom stereocenters. The minimum atomic E-state index is 0.408. The molecule has 0 aromatic carbocycles. The van der Waals surface area contributed by atoms with Crippen LogP contribution in [0.25, 0.3) is 0 Å². The van der Waals surface area contributed by atoms with Crippen LogP contribution in [0.1, 0.15) is 51.4 Å². The monoisotopic (exact) mass is 204 g/mol. The van der Waals surface area contributed by atoms with Crippen LogP contribution in [0.4, 0.5) is 0 Å².